The monoisotopic (exact) mass is 493 g/mol. The molecule has 0 aliphatic rings. The summed E-state index contributed by atoms with van der Waals surface area (Å²) in [6.07, 6.45) is 1.74. The maximum atomic E-state index is 12.0. The molecule has 4 aromatic rings. The molecule has 8 heteroatoms. The first kappa shape index (κ1) is 24.8. The average molecular weight is 494 g/mol. The van der Waals surface area contributed by atoms with Gasteiger partial charge in [-0.25, -0.2) is 9.50 Å². The highest BCUT2D eigenvalue weighted by atomic mass is 35.5. The highest BCUT2D eigenvalue weighted by Gasteiger charge is 2.15. The van der Waals surface area contributed by atoms with Gasteiger partial charge in [0.05, 0.1) is 6.61 Å². The molecule has 0 saturated heterocycles. The minimum absolute atomic E-state index is 0.0683. The summed E-state index contributed by atoms with van der Waals surface area (Å²) in [5, 5.41) is 6.86. The number of benzene rings is 2. The lowest BCUT2D eigenvalue weighted by Gasteiger charge is -2.19. The molecule has 2 N–H and O–H groups in total. The fraction of sp³-hybridized carbons (Fsp3) is 0.370. The van der Waals surface area contributed by atoms with Crippen molar-refractivity contribution in [2.75, 3.05) is 18.5 Å². The Kier molecular flexibility index (Phi) is 7.17. The standard InChI is InChI=1S/C27H32ClN5O2/c1-17-15-22(18(2)14-21(17)28)35-13-7-6-12-29-26-31-25(30-23-16-24(34)32-33(23)26)19-8-10-20(11-9-19)27(3,4)5/h8-11,14-16H,6-7,12-13H2,1-5H3,(H,32,34)(H,29,30,31). The molecule has 0 aliphatic carbocycles. The number of aromatic nitrogens is 4. The third kappa shape index (κ3) is 5.85. The van der Waals surface area contributed by atoms with Crippen LogP contribution in [0.3, 0.4) is 0 Å². The van der Waals surface area contributed by atoms with Crippen LogP contribution in [0.25, 0.3) is 17.0 Å². The highest BCUT2D eigenvalue weighted by molar-refractivity contribution is 6.31. The Morgan fingerprint density at radius 2 is 1.77 bits per heavy atom. The van der Waals surface area contributed by atoms with Crippen LogP contribution in [-0.4, -0.2) is 32.7 Å². The van der Waals surface area contributed by atoms with Gasteiger partial charge in [0.2, 0.25) is 5.95 Å². The predicted molar refractivity (Wildman–Crippen MR) is 142 cm³/mol. The van der Waals surface area contributed by atoms with Crippen molar-refractivity contribution in [3.8, 4) is 17.1 Å². The highest BCUT2D eigenvalue weighted by Crippen LogP contribution is 2.27. The number of aromatic amines is 1. The second-order valence-electron chi connectivity index (χ2n) is 9.86. The van der Waals surface area contributed by atoms with Crippen LogP contribution in [0, 0.1) is 13.8 Å². The third-order valence-corrected chi connectivity index (χ3v) is 6.34. The third-order valence-electron chi connectivity index (χ3n) is 5.93. The number of ether oxygens (including phenoxy) is 1. The van der Waals surface area contributed by atoms with E-state index in [1.165, 1.54) is 11.6 Å². The number of H-pyrrole nitrogens is 1. The fourth-order valence-corrected chi connectivity index (χ4v) is 4.01. The summed E-state index contributed by atoms with van der Waals surface area (Å²) in [4.78, 5) is 21.3. The maximum Gasteiger partial charge on any atom is 0.266 e. The topological polar surface area (TPSA) is 84.3 Å². The first-order valence-corrected chi connectivity index (χ1v) is 12.2. The largest absolute Gasteiger partial charge is 0.493 e. The first-order valence-electron chi connectivity index (χ1n) is 11.9. The second-order valence-corrected chi connectivity index (χ2v) is 10.3. The number of nitrogens with zero attached hydrogens (tertiary/aromatic N) is 3. The minimum atomic E-state index is -0.218. The molecule has 7 nitrogen and oxygen atoms in total. The van der Waals surface area contributed by atoms with Gasteiger partial charge in [0.1, 0.15) is 5.75 Å². The smallest absolute Gasteiger partial charge is 0.266 e. The van der Waals surface area contributed by atoms with Crippen molar-refractivity contribution in [2.24, 2.45) is 0 Å². The molecule has 0 saturated carbocycles. The molecule has 4 rings (SSSR count). The van der Waals surface area contributed by atoms with Crippen molar-refractivity contribution in [3.05, 3.63) is 74.5 Å². The fourth-order valence-electron chi connectivity index (χ4n) is 3.80. The summed E-state index contributed by atoms with van der Waals surface area (Å²) >= 11 is 6.17. The zero-order chi connectivity index (χ0) is 25.2. The molecule has 2 aromatic carbocycles. The molecule has 0 aliphatic heterocycles. The van der Waals surface area contributed by atoms with Crippen LogP contribution in [0.1, 0.15) is 50.3 Å². The number of unbranched alkanes of at least 4 members (excludes halogenated alkanes) is 1. The van der Waals surface area contributed by atoms with Gasteiger partial charge in [0.15, 0.2) is 11.5 Å². The van der Waals surface area contributed by atoms with Crippen molar-refractivity contribution in [1.82, 2.24) is 19.6 Å². The van der Waals surface area contributed by atoms with Crippen LogP contribution >= 0.6 is 11.6 Å². The molecule has 0 radical (unpaired) electrons. The molecular weight excluding hydrogens is 462 g/mol. The summed E-state index contributed by atoms with van der Waals surface area (Å²) in [5.41, 5.74) is 4.56. The molecule has 0 atom stereocenters. The number of hydrogen-bond acceptors (Lipinski definition) is 5. The molecule has 2 aromatic heterocycles. The maximum absolute atomic E-state index is 12.0. The lowest BCUT2D eigenvalue weighted by atomic mass is 9.87. The number of rotatable bonds is 8. The van der Waals surface area contributed by atoms with E-state index >= 15 is 0 Å². The van der Waals surface area contributed by atoms with E-state index in [2.05, 4.69) is 48.3 Å². The van der Waals surface area contributed by atoms with Crippen molar-refractivity contribution >= 4 is 23.2 Å². The molecule has 35 heavy (non-hydrogen) atoms. The SMILES string of the molecule is Cc1cc(OCCCCNc2nc(-c3ccc(C(C)(C)C)cc3)nc3cc(=O)[nH]n23)c(C)cc1Cl. The predicted octanol–water partition coefficient (Wildman–Crippen LogP) is 5.92. The van der Waals surface area contributed by atoms with E-state index in [0.29, 0.717) is 30.6 Å². The van der Waals surface area contributed by atoms with Crippen molar-refractivity contribution < 1.29 is 4.74 Å². The van der Waals surface area contributed by atoms with Gasteiger partial charge >= 0.3 is 0 Å². The van der Waals surface area contributed by atoms with Gasteiger partial charge in [0.25, 0.3) is 5.56 Å². The van der Waals surface area contributed by atoms with E-state index in [-0.39, 0.29) is 11.0 Å². The Hall–Kier alpha value is -3.32. The van der Waals surface area contributed by atoms with Crippen molar-refractivity contribution in [1.29, 1.82) is 0 Å². The zero-order valence-corrected chi connectivity index (χ0v) is 21.7. The Balaban J connectivity index is 1.41. The first-order chi connectivity index (χ1) is 16.6. The van der Waals surface area contributed by atoms with Crippen molar-refractivity contribution in [2.45, 2.75) is 52.9 Å². The molecular formula is C27H32ClN5O2. The van der Waals surface area contributed by atoms with E-state index in [0.717, 1.165) is 40.3 Å². The quantitative estimate of drug-likeness (QED) is 0.297. The summed E-state index contributed by atoms with van der Waals surface area (Å²) in [6.45, 7) is 11.8. The second kappa shape index (κ2) is 10.1. The van der Waals surface area contributed by atoms with Crippen LogP contribution in [0.15, 0.2) is 47.3 Å². The lowest BCUT2D eigenvalue weighted by Crippen LogP contribution is -2.13. The summed E-state index contributed by atoms with van der Waals surface area (Å²) in [5.74, 6) is 1.99. The van der Waals surface area contributed by atoms with Gasteiger partial charge in [-0.15, -0.1) is 0 Å². The Bertz CT molecular complexity index is 1380. The number of aryl methyl sites for hydroxylation is 2. The number of anilines is 1. The summed E-state index contributed by atoms with van der Waals surface area (Å²) < 4.78 is 7.53. The van der Waals surface area contributed by atoms with Gasteiger partial charge in [-0.1, -0.05) is 56.6 Å². The Morgan fingerprint density at radius 1 is 1.03 bits per heavy atom. The van der Waals surface area contributed by atoms with Gasteiger partial charge in [0, 0.05) is 23.2 Å². The van der Waals surface area contributed by atoms with E-state index in [4.69, 9.17) is 21.3 Å². The number of halogens is 1. The lowest BCUT2D eigenvalue weighted by molar-refractivity contribution is 0.306. The Morgan fingerprint density at radius 3 is 2.49 bits per heavy atom. The number of hydrogen-bond donors (Lipinski definition) is 2. The Labute approximate surface area is 210 Å². The van der Waals surface area contributed by atoms with Gasteiger partial charge in [-0.05, 0) is 60.9 Å². The zero-order valence-electron chi connectivity index (χ0n) is 20.9. The molecule has 0 fully saturated rings. The van der Waals surface area contributed by atoms with Crippen molar-refractivity contribution in [3.63, 3.8) is 0 Å². The molecule has 0 amide bonds. The number of nitrogens with one attached hydrogen (secondary N) is 2. The van der Waals surface area contributed by atoms with Gasteiger partial charge in [-0.2, -0.15) is 4.98 Å². The average Bonchev–Trinajstić information content (AvgIpc) is 3.19. The van der Waals surface area contributed by atoms with E-state index in [1.807, 2.05) is 38.1 Å². The van der Waals surface area contributed by atoms with E-state index in [1.54, 1.807) is 4.52 Å². The van der Waals surface area contributed by atoms with E-state index < -0.39 is 0 Å². The summed E-state index contributed by atoms with van der Waals surface area (Å²) in [7, 11) is 0. The van der Waals surface area contributed by atoms with Crippen LogP contribution < -0.4 is 15.6 Å². The van der Waals surface area contributed by atoms with Crippen LogP contribution in [0.2, 0.25) is 5.02 Å². The van der Waals surface area contributed by atoms with Crippen LogP contribution in [0.5, 0.6) is 5.75 Å². The molecule has 2 heterocycles. The normalized spacial score (nSPS) is 11.7. The molecule has 0 bridgehead atoms. The number of fused-ring (bicyclic) bond motifs is 1. The van der Waals surface area contributed by atoms with Crippen LogP contribution in [-0.2, 0) is 5.41 Å². The molecule has 184 valence electrons. The minimum Gasteiger partial charge on any atom is -0.493 e. The molecule has 0 spiro atoms. The van der Waals surface area contributed by atoms with Gasteiger partial charge in [-0.3, -0.25) is 9.89 Å². The molecule has 0 unspecified atom stereocenters. The summed E-state index contributed by atoms with van der Waals surface area (Å²) in [6, 6.07) is 13.6. The van der Waals surface area contributed by atoms with Gasteiger partial charge < -0.3 is 10.1 Å². The van der Waals surface area contributed by atoms with Crippen LogP contribution in [0.4, 0.5) is 5.95 Å². The van der Waals surface area contributed by atoms with E-state index in [9.17, 15) is 4.79 Å².